The minimum atomic E-state index is 0.194. The molecule has 0 spiro atoms. The van der Waals surface area contributed by atoms with Crippen molar-refractivity contribution in [1.82, 2.24) is 9.80 Å². The van der Waals surface area contributed by atoms with Crippen LogP contribution in [-0.4, -0.2) is 59.4 Å². The van der Waals surface area contributed by atoms with Crippen molar-refractivity contribution in [3.63, 3.8) is 0 Å². The van der Waals surface area contributed by atoms with Crippen molar-refractivity contribution < 1.29 is 4.79 Å². The lowest BCUT2D eigenvalue weighted by Gasteiger charge is -2.32. The van der Waals surface area contributed by atoms with E-state index < -0.39 is 0 Å². The van der Waals surface area contributed by atoms with Gasteiger partial charge in [-0.25, -0.2) is 0 Å². The number of nitrogens with zero attached hydrogens (tertiary/aromatic N) is 2. The Hall–Kier alpha value is -0.520. The summed E-state index contributed by atoms with van der Waals surface area (Å²) in [6.45, 7) is 4.32. The lowest BCUT2D eigenvalue weighted by Crippen LogP contribution is -2.47. The Balaban J connectivity index is 1.73. The number of halogens is 1. The van der Waals surface area contributed by atoms with Gasteiger partial charge in [0.15, 0.2) is 0 Å². The molecule has 2 aliphatic rings. The average molecular weight is 383 g/mol. The third kappa shape index (κ3) is 4.06. The summed E-state index contributed by atoms with van der Waals surface area (Å²) in [5, 5.41) is 0. The first-order valence-electron chi connectivity index (χ1n) is 8.11. The van der Waals surface area contributed by atoms with Crippen LogP contribution in [0.1, 0.15) is 29.6 Å². The van der Waals surface area contributed by atoms with E-state index in [2.05, 4.69) is 25.7 Å². The van der Waals surface area contributed by atoms with E-state index in [1.165, 1.54) is 31.7 Å². The molecule has 22 heavy (non-hydrogen) atoms. The van der Waals surface area contributed by atoms with Gasteiger partial charge in [-0.2, -0.15) is 11.8 Å². The third-order valence-electron chi connectivity index (χ3n) is 4.46. The molecule has 3 rings (SSSR count). The molecule has 0 aliphatic carbocycles. The van der Waals surface area contributed by atoms with Crippen molar-refractivity contribution >= 4 is 33.6 Å². The van der Waals surface area contributed by atoms with Gasteiger partial charge in [0.2, 0.25) is 0 Å². The first-order valence-corrected chi connectivity index (χ1v) is 10.1. The summed E-state index contributed by atoms with van der Waals surface area (Å²) in [5.41, 5.74) is 0.807. The highest BCUT2D eigenvalue weighted by Crippen LogP contribution is 2.22. The van der Waals surface area contributed by atoms with Crippen LogP contribution in [0.3, 0.4) is 0 Å². The van der Waals surface area contributed by atoms with Crippen LogP contribution in [0.5, 0.6) is 0 Å². The van der Waals surface area contributed by atoms with Gasteiger partial charge in [0.05, 0.1) is 6.04 Å². The molecule has 1 atom stereocenters. The van der Waals surface area contributed by atoms with Gasteiger partial charge in [-0.05, 0) is 62.4 Å². The number of likely N-dealkylation sites (tertiary alicyclic amines) is 1. The molecule has 5 heteroatoms. The third-order valence-corrected chi connectivity index (χ3v) is 6.18. The molecule has 2 aliphatic heterocycles. The van der Waals surface area contributed by atoms with Crippen molar-refractivity contribution in [3.05, 3.63) is 34.3 Å². The van der Waals surface area contributed by atoms with E-state index in [0.29, 0.717) is 6.04 Å². The Bertz CT molecular complexity index is 502. The van der Waals surface area contributed by atoms with Crippen molar-refractivity contribution in [2.75, 3.05) is 37.7 Å². The average Bonchev–Trinajstić information content (AvgIpc) is 2.92. The van der Waals surface area contributed by atoms with Crippen LogP contribution in [0.4, 0.5) is 0 Å². The van der Waals surface area contributed by atoms with Gasteiger partial charge in [-0.1, -0.05) is 15.9 Å². The van der Waals surface area contributed by atoms with Gasteiger partial charge in [-0.15, -0.1) is 0 Å². The van der Waals surface area contributed by atoms with E-state index in [1.807, 2.05) is 36.0 Å². The molecule has 3 nitrogen and oxygen atoms in total. The molecule has 1 unspecified atom stereocenters. The second-order valence-electron chi connectivity index (χ2n) is 6.10. The summed E-state index contributed by atoms with van der Waals surface area (Å²) in [6, 6.07) is 8.11. The molecule has 0 radical (unpaired) electrons. The first-order chi connectivity index (χ1) is 10.7. The number of benzene rings is 1. The number of rotatable bonds is 3. The maximum Gasteiger partial charge on any atom is 0.254 e. The lowest BCUT2D eigenvalue weighted by atomic mass is 10.1. The summed E-state index contributed by atoms with van der Waals surface area (Å²) in [5.74, 6) is 2.43. The molecule has 1 aromatic rings. The van der Waals surface area contributed by atoms with E-state index in [-0.39, 0.29) is 5.91 Å². The summed E-state index contributed by atoms with van der Waals surface area (Å²) < 4.78 is 1.02. The highest BCUT2D eigenvalue weighted by Gasteiger charge is 2.28. The van der Waals surface area contributed by atoms with Crippen molar-refractivity contribution in [3.8, 4) is 0 Å². The molecular formula is C17H23BrN2OS. The number of hydrogen-bond donors (Lipinski definition) is 0. The maximum absolute atomic E-state index is 12.9. The van der Waals surface area contributed by atoms with E-state index in [9.17, 15) is 4.79 Å². The number of thioether (sulfide) groups is 1. The lowest BCUT2D eigenvalue weighted by molar-refractivity contribution is 0.0666. The van der Waals surface area contributed by atoms with E-state index in [0.717, 1.165) is 35.3 Å². The second-order valence-corrected chi connectivity index (χ2v) is 8.16. The zero-order valence-corrected chi connectivity index (χ0v) is 15.2. The van der Waals surface area contributed by atoms with Crippen LogP contribution in [0.2, 0.25) is 0 Å². The molecule has 0 N–H and O–H groups in total. The Morgan fingerprint density at radius 3 is 2.59 bits per heavy atom. The fourth-order valence-corrected chi connectivity index (χ4v) is 4.59. The highest BCUT2D eigenvalue weighted by atomic mass is 79.9. The van der Waals surface area contributed by atoms with Crippen LogP contribution in [0.15, 0.2) is 28.7 Å². The summed E-state index contributed by atoms with van der Waals surface area (Å²) in [7, 11) is 0. The molecule has 0 bridgehead atoms. The minimum Gasteiger partial charge on any atom is -0.334 e. The molecular weight excluding hydrogens is 360 g/mol. The maximum atomic E-state index is 12.9. The van der Waals surface area contributed by atoms with E-state index >= 15 is 0 Å². The van der Waals surface area contributed by atoms with Crippen LogP contribution in [-0.2, 0) is 0 Å². The summed E-state index contributed by atoms with van der Waals surface area (Å²) in [4.78, 5) is 17.6. The molecule has 0 aromatic heterocycles. The first kappa shape index (κ1) is 16.3. The van der Waals surface area contributed by atoms with Crippen LogP contribution in [0, 0.1) is 0 Å². The fraction of sp³-hybridized carbons (Fsp3) is 0.588. The molecule has 1 aromatic carbocycles. The SMILES string of the molecule is O=C(c1ccc(Br)cc1)N1CCCSCC1CN1CCCC1. The van der Waals surface area contributed by atoms with Crippen LogP contribution in [0.25, 0.3) is 0 Å². The van der Waals surface area contributed by atoms with Crippen molar-refractivity contribution in [2.45, 2.75) is 25.3 Å². The van der Waals surface area contributed by atoms with Gasteiger partial charge < -0.3 is 9.80 Å². The zero-order valence-electron chi connectivity index (χ0n) is 12.8. The predicted octanol–water partition coefficient (Wildman–Crippen LogP) is 3.49. The smallest absolute Gasteiger partial charge is 0.254 e. The molecule has 2 fully saturated rings. The van der Waals surface area contributed by atoms with Crippen LogP contribution >= 0.6 is 27.7 Å². The van der Waals surface area contributed by atoms with Crippen LogP contribution < -0.4 is 0 Å². The Morgan fingerprint density at radius 2 is 1.86 bits per heavy atom. The number of amides is 1. The van der Waals surface area contributed by atoms with Gasteiger partial charge in [0.25, 0.3) is 5.91 Å². The van der Waals surface area contributed by atoms with Gasteiger partial charge in [0, 0.05) is 28.9 Å². The quantitative estimate of drug-likeness (QED) is 0.798. The van der Waals surface area contributed by atoms with Gasteiger partial charge >= 0.3 is 0 Å². The molecule has 2 heterocycles. The fourth-order valence-electron chi connectivity index (χ4n) is 3.27. The highest BCUT2D eigenvalue weighted by molar-refractivity contribution is 9.10. The number of carbonyl (C=O) groups is 1. The van der Waals surface area contributed by atoms with Crippen molar-refractivity contribution in [1.29, 1.82) is 0 Å². The normalized spacial score (nSPS) is 23.5. The largest absolute Gasteiger partial charge is 0.334 e. The summed E-state index contributed by atoms with van der Waals surface area (Å²) in [6.07, 6.45) is 3.71. The zero-order chi connectivity index (χ0) is 15.4. The Labute approximate surface area is 145 Å². The Kier molecular flexibility index (Phi) is 5.83. The number of carbonyl (C=O) groups excluding carboxylic acids is 1. The number of hydrogen-bond acceptors (Lipinski definition) is 3. The molecule has 0 saturated carbocycles. The molecule has 1 amide bonds. The molecule has 2 saturated heterocycles. The standard InChI is InChI=1S/C17H23BrN2OS/c18-15-6-4-14(5-7-15)17(21)20-10-3-11-22-13-16(20)12-19-8-1-2-9-19/h4-7,16H,1-3,8-13H2. The Morgan fingerprint density at radius 1 is 1.14 bits per heavy atom. The van der Waals surface area contributed by atoms with Crippen molar-refractivity contribution in [2.24, 2.45) is 0 Å². The summed E-state index contributed by atoms with van der Waals surface area (Å²) >= 11 is 5.44. The monoisotopic (exact) mass is 382 g/mol. The predicted molar refractivity (Wildman–Crippen MR) is 96.6 cm³/mol. The topological polar surface area (TPSA) is 23.6 Å². The second kappa shape index (κ2) is 7.84. The van der Waals surface area contributed by atoms with E-state index in [4.69, 9.17) is 0 Å². The minimum absolute atomic E-state index is 0.194. The molecule has 120 valence electrons. The van der Waals surface area contributed by atoms with Gasteiger partial charge in [0.1, 0.15) is 0 Å². The van der Waals surface area contributed by atoms with E-state index in [1.54, 1.807) is 0 Å². The van der Waals surface area contributed by atoms with Gasteiger partial charge in [-0.3, -0.25) is 4.79 Å².